The predicted molar refractivity (Wildman–Crippen MR) is 93.0 cm³/mol. The van der Waals surface area contributed by atoms with Crippen molar-refractivity contribution < 1.29 is 14.3 Å². The molecule has 1 aromatic rings. The number of amides is 1. The number of nitrogen functional groups attached to an aromatic ring is 1. The summed E-state index contributed by atoms with van der Waals surface area (Å²) in [5, 5.41) is 2.84. The van der Waals surface area contributed by atoms with E-state index in [-0.39, 0.29) is 11.9 Å². The van der Waals surface area contributed by atoms with Crippen LogP contribution in [-0.4, -0.2) is 18.5 Å². The first-order chi connectivity index (χ1) is 11.0. The molecule has 0 bridgehead atoms. The summed E-state index contributed by atoms with van der Waals surface area (Å²) in [7, 11) is 0. The number of nitrogens with two attached hydrogens (primary N) is 1. The fourth-order valence-corrected chi connectivity index (χ4v) is 2.00. The van der Waals surface area contributed by atoms with Gasteiger partial charge in [-0.2, -0.15) is 0 Å². The number of hydrogen-bond donors (Lipinski definition) is 2. The van der Waals surface area contributed by atoms with Crippen LogP contribution < -0.4 is 11.1 Å². The molecule has 0 radical (unpaired) electrons. The van der Waals surface area contributed by atoms with Crippen molar-refractivity contribution in [3.63, 3.8) is 0 Å². The number of anilines is 2. The van der Waals surface area contributed by atoms with E-state index in [1.54, 1.807) is 31.2 Å². The molecule has 1 rings (SSSR count). The third-order valence-electron chi connectivity index (χ3n) is 3.32. The molecule has 1 amide bonds. The van der Waals surface area contributed by atoms with Gasteiger partial charge in [0.1, 0.15) is 0 Å². The number of unbranched alkanes of at least 4 members (excludes halogenated alkanes) is 4. The molecule has 1 aromatic carbocycles. The van der Waals surface area contributed by atoms with Gasteiger partial charge in [-0.3, -0.25) is 4.79 Å². The summed E-state index contributed by atoms with van der Waals surface area (Å²) in [6, 6.07) is 7.10. The zero-order valence-electron chi connectivity index (χ0n) is 13.8. The van der Waals surface area contributed by atoms with Crippen molar-refractivity contribution in [3.05, 3.63) is 36.4 Å². The van der Waals surface area contributed by atoms with E-state index < -0.39 is 0 Å². The number of benzene rings is 1. The summed E-state index contributed by atoms with van der Waals surface area (Å²) in [4.78, 5) is 22.9. The maximum atomic E-state index is 11.8. The number of rotatable bonds is 10. The molecule has 0 aliphatic rings. The number of esters is 1. The molecule has 0 fully saturated rings. The Morgan fingerprint density at radius 1 is 1.09 bits per heavy atom. The van der Waals surface area contributed by atoms with Gasteiger partial charge in [0.2, 0.25) is 5.91 Å². The highest BCUT2D eigenvalue weighted by atomic mass is 16.5. The molecule has 0 aliphatic carbocycles. The first-order valence-corrected chi connectivity index (χ1v) is 7.97. The fraction of sp³-hybridized carbons (Fsp3) is 0.444. The zero-order valence-corrected chi connectivity index (χ0v) is 13.8. The number of carbonyl (C=O) groups excluding carboxylic acids is 2. The molecule has 0 atom stereocenters. The number of ether oxygens (including phenoxy) is 1. The lowest BCUT2D eigenvalue weighted by Gasteiger charge is -2.06. The SMILES string of the molecule is C=C(C)C(=O)OCCCCCCCC(=O)Nc1ccc(N)cc1. The van der Waals surface area contributed by atoms with Crippen molar-refractivity contribution >= 4 is 23.3 Å². The second-order valence-electron chi connectivity index (χ2n) is 5.60. The quantitative estimate of drug-likeness (QED) is 0.298. The van der Waals surface area contributed by atoms with Gasteiger partial charge in [-0.15, -0.1) is 0 Å². The molecule has 0 aliphatic heterocycles. The minimum absolute atomic E-state index is 0.0187. The topological polar surface area (TPSA) is 81.4 Å². The van der Waals surface area contributed by atoms with Crippen LogP contribution in [0, 0.1) is 0 Å². The highest BCUT2D eigenvalue weighted by Gasteiger charge is 2.03. The van der Waals surface area contributed by atoms with E-state index in [1.165, 1.54) is 0 Å². The van der Waals surface area contributed by atoms with Gasteiger partial charge < -0.3 is 15.8 Å². The van der Waals surface area contributed by atoms with Crippen molar-refractivity contribution in [2.75, 3.05) is 17.7 Å². The lowest BCUT2D eigenvalue weighted by molar-refractivity contribution is -0.139. The van der Waals surface area contributed by atoms with Gasteiger partial charge in [0.25, 0.3) is 0 Å². The lowest BCUT2D eigenvalue weighted by Crippen LogP contribution is -2.11. The van der Waals surface area contributed by atoms with Crippen LogP contribution in [-0.2, 0) is 14.3 Å². The van der Waals surface area contributed by atoms with E-state index in [1.807, 2.05) is 0 Å². The molecule has 5 heteroatoms. The fourth-order valence-electron chi connectivity index (χ4n) is 2.00. The Bertz CT molecular complexity index is 524. The first kappa shape index (κ1) is 18.7. The Balaban J connectivity index is 2.00. The van der Waals surface area contributed by atoms with Gasteiger partial charge in [0.15, 0.2) is 0 Å². The van der Waals surface area contributed by atoms with Crippen LogP contribution in [0.2, 0.25) is 0 Å². The summed E-state index contributed by atoms with van der Waals surface area (Å²) in [6.07, 6.45) is 5.21. The summed E-state index contributed by atoms with van der Waals surface area (Å²) >= 11 is 0. The van der Waals surface area contributed by atoms with Gasteiger partial charge in [-0.05, 0) is 44.0 Å². The van der Waals surface area contributed by atoms with Crippen LogP contribution >= 0.6 is 0 Å². The minimum atomic E-state index is -0.329. The van der Waals surface area contributed by atoms with E-state index in [9.17, 15) is 9.59 Å². The highest BCUT2D eigenvalue weighted by molar-refractivity contribution is 5.90. The third kappa shape index (κ3) is 8.66. The Morgan fingerprint density at radius 3 is 2.35 bits per heavy atom. The minimum Gasteiger partial charge on any atom is -0.462 e. The largest absolute Gasteiger partial charge is 0.462 e. The summed E-state index contributed by atoms with van der Waals surface area (Å²) in [6.45, 7) is 5.60. The maximum absolute atomic E-state index is 11.8. The van der Waals surface area contributed by atoms with Crippen molar-refractivity contribution in [2.45, 2.75) is 45.4 Å². The summed E-state index contributed by atoms with van der Waals surface area (Å²) in [5.74, 6) is -0.311. The number of hydrogen-bond acceptors (Lipinski definition) is 4. The average molecular weight is 318 g/mol. The second kappa shape index (κ2) is 10.4. The summed E-state index contributed by atoms with van der Waals surface area (Å²) in [5.41, 5.74) is 7.47. The van der Waals surface area contributed by atoms with E-state index in [4.69, 9.17) is 10.5 Å². The standard InChI is InChI=1S/C18H26N2O3/c1-14(2)18(22)23-13-7-5-3-4-6-8-17(21)20-16-11-9-15(19)10-12-16/h9-12H,1,3-8,13,19H2,2H3,(H,20,21). The molecule has 0 unspecified atom stereocenters. The van der Waals surface area contributed by atoms with E-state index >= 15 is 0 Å². The maximum Gasteiger partial charge on any atom is 0.333 e. The van der Waals surface area contributed by atoms with Gasteiger partial charge in [-0.25, -0.2) is 4.79 Å². The van der Waals surface area contributed by atoms with E-state index in [0.717, 1.165) is 37.8 Å². The van der Waals surface area contributed by atoms with Crippen LogP contribution in [0.3, 0.4) is 0 Å². The average Bonchev–Trinajstić information content (AvgIpc) is 2.51. The molecule has 0 saturated carbocycles. The molecular weight excluding hydrogens is 292 g/mol. The number of carbonyl (C=O) groups is 2. The van der Waals surface area contributed by atoms with Crippen molar-refractivity contribution in [1.82, 2.24) is 0 Å². The Labute approximate surface area is 137 Å². The molecule has 0 spiro atoms. The lowest BCUT2D eigenvalue weighted by atomic mass is 10.1. The van der Waals surface area contributed by atoms with Crippen LogP contribution in [0.15, 0.2) is 36.4 Å². The molecule has 0 saturated heterocycles. The molecule has 0 aromatic heterocycles. The van der Waals surface area contributed by atoms with Crippen LogP contribution in [0.5, 0.6) is 0 Å². The van der Waals surface area contributed by atoms with Crippen molar-refractivity contribution in [2.24, 2.45) is 0 Å². The Morgan fingerprint density at radius 2 is 1.70 bits per heavy atom. The van der Waals surface area contributed by atoms with Crippen LogP contribution in [0.25, 0.3) is 0 Å². The Hall–Kier alpha value is -2.30. The van der Waals surface area contributed by atoms with Gasteiger partial charge in [0.05, 0.1) is 6.61 Å². The zero-order chi connectivity index (χ0) is 17.1. The van der Waals surface area contributed by atoms with Crippen molar-refractivity contribution in [3.8, 4) is 0 Å². The molecule has 5 nitrogen and oxygen atoms in total. The van der Waals surface area contributed by atoms with E-state index in [0.29, 0.717) is 24.3 Å². The Kier molecular flexibility index (Phi) is 8.50. The number of nitrogens with one attached hydrogen (secondary N) is 1. The molecule has 0 heterocycles. The monoisotopic (exact) mass is 318 g/mol. The summed E-state index contributed by atoms with van der Waals surface area (Å²) < 4.78 is 5.01. The first-order valence-electron chi connectivity index (χ1n) is 7.97. The molecular formula is C18H26N2O3. The van der Waals surface area contributed by atoms with Gasteiger partial charge >= 0.3 is 5.97 Å². The van der Waals surface area contributed by atoms with Gasteiger partial charge in [0, 0.05) is 23.4 Å². The third-order valence-corrected chi connectivity index (χ3v) is 3.32. The molecule has 23 heavy (non-hydrogen) atoms. The van der Waals surface area contributed by atoms with Crippen LogP contribution in [0.1, 0.15) is 45.4 Å². The normalized spacial score (nSPS) is 10.1. The smallest absolute Gasteiger partial charge is 0.333 e. The van der Waals surface area contributed by atoms with Crippen molar-refractivity contribution in [1.29, 1.82) is 0 Å². The van der Waals surface area contributed by atoms with Crippen LogP contribution in [0.4, 0.5) is 11.4 Å². The predicted octanol–water partition coefficient (Wildman–Crippen LogP) is 3.67. The molecule has 3 N–H and O–H groups in total. The molecule has 126 valence electrons. The van der Waals surface area contributed by atoms with Gasteiger partial charge in [-0.1, -0.05) is 25.8 Å². The highest BCUT2D eigenvalue weighted by Crippen LogP contribution is 2.12. The van der Waals surface area contributed by atoms with E-state index in [2.05, 4.69) is 11.9 Å². The second-order valence-corrected chi connectivity index (χ2v) is 5.60.